The first-order valence-corrected chi connectivity index (χ1v) is 5.24. The van der Waals surface area contributed by atoms with Gasteiger partial charge < -0.3 is 5.73 Å². The lowest BCUT2D eigenvalue weighted by molar-refractivity contribution is -0.119. The van der Waals surface area contributed by atoms with Crippen molar-refractivity contribution in [1.29, 1.82) is 0 Å². The first-order chi connectivity index (χ1) is 7.52. The number of carbonyl (C=O) groups is 3. The van der Waals surface area contributed by atoms with Crippen LogP contribution in [0, 0.1) is 0 Å². The molecule has 16 heavy (non-hydrogen) atoms. The van der Waals surface area contributed by atoms with Gasteiger partial charge in [-0.15, -0.1) is 0 Å². The molecule has 0 fully saturated rings. The molecule has 0 aromatic heterocycles. The summed E-state index contributed by atoms with van der Waals surface area (Å²) in [5, 5.41) is 0. The van der Waals surface area contributed by atoms with E-state index < -0.39 is 17.6 Å². The predicted octanol–water partition coefficient (Wildman–Crippen LogP) is 0.464. The third-order valence-corrected chi connectivity index (χ3v) is 2.92. The Morgan fingerprint density at radius 3 is 2.69 bits per heavy atom. The minimum Gasteiger partial charge on any atom is -0.368 e. The van der Waals surface area contributed by atoms with Crippen molar-refractivity contribution < 1.29 is 14.4 Å². The minimum atomic E-state index is -0.722. The normalized spacial score (nSPS) is 14.2. The highest BCUT2D eigenvalue weighted by atomic mass is 79.9. The van der Waals surface area contributed by atoms with Crippen LogP contribution < -0.4 is 10.6 Å². The lowest BCUT2D eigenvalue weighted by atomic mass is 10.1. The zero-order chi connectivity index (χ0) is 11.9. The minimum absolute atomic E-state index is 0.284. The summed E-state index contributed by atoms with van der Waals surface area (Å²) in [6.45, 7) is -0.284. The summed E-state index contributed by atoms with van der Waals surface area (Å²) in [7, 11) is 0. The monoisotopic (exact) mass is 282 g/mol. The molecule has 1 aromatic carbocycles. The maximum absolute atomic E-state index is 11.6. The highest BCUT2D eigenvalue weighted by Gasteiger charge is 2.37. The Balaban J connectivity index is 2.54. The molecular formula is C10H7BrN2O3. The SMILES string of the molecule is NC(=O)CN1C(=O)C(=O)c2c(Br)cccc21. The van der Waals surface area contributed by atoms with Crippen molar-refractivity contribution in [1.82, 2.24) is 0 Å². The van der Waals surface area contributed by atoms with Crippen LogP contribution in [0.4, 0.5) is 5.69 Å². The van der Waals surface area contributed by atoms with E-state index in [9.17, 15) is 14.4 Å². The van der Waals surface area contributed by atoms with Crippen molar-refractivity contribution in [3.05, 3.63) is 28.2 Å². The maximum atomic E-state index is 11.6. The number of carbonyl (C=O) groups excluding carboxylic acids is 3. The summed E-state index contributed by atoms with van der Waals surface area (Å²) in [5.74, 6) is -2.00. The number of fused-ring (bicyclic) bond motifs is 1. The van der Waals surface area contributed by atoms with E-state index in [0.717, 1.165) is 4.90 Å². The number of halogens is 1. The molecule has 0 aliphatic carbocycles. The number of nitrogens with two attached hydrogens (primary N) is 1. The second-order valence-corrected chi connectivity index (χ2v) is 4.18. The number of nitrogens with zero attached hydrogens (tertiary/aromatic N) is 1. The van der Waals surface area contributed by atoms with Gasteiger partial charge in [-0.05, 0) is 28.1 Å². The fourth-order valence-electron chi connectivity index (χ4n) is 1.61. The number of ketones is 1. The van der Waals surface area contributed by atoms with Gasteiger partial charge in [0.05, 0.1) is 11.3 Å². The topological polar surface area (TPSA) is 80.5 Å². The van der Waals surface area contributed by atoms with Crippen molar-refractivity contribution in [3.8, 4) is 0 Å². The molecule has 0 bridgehead atoms. The number of hydrogen-bond donors (Lipinski definition) is 1. The number of anilines is 1. The fourth-order valence-corrected chi connectivity index (χ4v) is 2.15. The smallest absolute Gasteiger partial charge is 0.299 e. The molecule has 82 valence electrons. The summed E-state index contributed by atoms with van der Waals surface area (Å²) >= 11 is 3.19. The van der Waals surface area contributed by atoms with Gasteiger partial charge >= 0.3 is 0 Å². The molecule has 0 saturated heterocycles. The Kier molecular flexibility index (Phi) is 2.51. The first-order valence-electron chi connectivity index (χ1n) is 4.45. The van der Waals surface area contributed by atoms with Gasteiger partial charge in [-0.3, -0.25) is 19.3 Å². The highest BCUT2D eigenvalue weighted by molar-refractivity contribution is 9.10. The average Bonchev–Trinajstić information content (AvgIpc) is 2.44. The quantitative estimate of drug-likeness (QED) is 0.801. The third kappa shape index (κ3) is 1.51. The average molecular weight is 283 g/mol. The van der Waals surface area contributed by atoms with E-state index in [2.05, 4.69) is 15.9 Å². The highest BCUT2D eigenvalue weighted by Crippen LogP contribution is 2.33. The molecule has 1 heterocycles. The number of Topliss-reactive ketones (excluding diaryl/α,β-unsaturated/α-hetero) is 1. The Hall–Kier alpha value is -1.69. The molecule has 0 spiro atoms. The van der Waals surface area contributed by atoms with Gasteiger partial charge in [0.25, 0.3) is 11.7 Å². The van der Waals surface area contributed by atoms with Crippen LogP contribution in [0.3, 0.4) is 0 Å². The van der Waals surface area contributed by atoms with Gasteiger partial charge in [0, 0.05) is 4.47 Å². The summed E-state index contributed by atoms with van der Waals surface area (Å²) in [6.07, 6.45) is 0. The fraction of sp³-hybridized carbons (Fsp3) is 0.100. The molecule has 2 rings (SSSR count). The molecule has 2 amide bonds. The first kappa shape index (κ1) is 10.8. The van der Waals surface area contributed by atoms with Crippen LogP contribution in [0.25, 0.3) is 0 Å². The second-order valence-electron chi connectivity index (χ2n) is 3.32. The van der Waals surface area contributed by atoms with Crippen LogP contribution in [0.2, 0.25) is 0 Å². The van der Waals surface area contributed by atoms with Crippen LogP contribution in [0.15, 0.2) is 22.7 Å². The summed E-state index contributed by atoms with van der Waals surface area (Å²) in [4.78, 5) is 35.1. The van der Waals surface area contributed by atoms with Crippen LogP contribution in [-0.4, -0.2) is 24.1 Å². The van der Waals surface area contributed by atoms with Gasteiger partial charge in [0.1, 0.15) is 6.54 Å². The summed E-state index contributed by atoms with van der Waals surface area (Å²) in [6, 6.07) is 4.95. The van der Waals surface area contributed by atoms with Crippen molar-refractivity contribution in [2.24, 2.45) is 5.73 Å². The Morgan fingerprint density at radius 2 is 2.06 bits per heavy atom. The molecule has 0 radical (unpaired) electrons. The number of amides is 2. The van der Waals surface area contributed by atoms with Gasteiger partial charge in [-0.25, -0.2) is 0 Å². The van der Waals surface area contributed by atoms with E-state index in [1.54, 1.807) is 18.2 Å². The Morgan fingerprint density at radius 1 is 1.38 bits per heavy atom. The van der Waals surface area contributed by atoms with Gasteiger partial charge in [0.2, 0.25) is 5.91 Å². The molecule has 6 heteroatoms. The van der Waals surface area contributed by atoms with Crippen LogP contribution >= 0.6 is 15.9 Å². The van der Waals surface area contributed by atoms with E-state index in [4.69, 9.17) is 5.73 Å². The van der Waals surface area contributed by atoms with Crippen molar-refractivity contribution >= 4 is 39.2 Å². The summed E-state index contributed by atoms with van der Waals surface area (Å²) < 4.78 is 0.537. The zero-order valence-corrected chi connectivity index (χ0v) is 9.65. The Labute approximate surface area is 99.3 Å². The Bertz CT molecular complexity index is 513. The van der Waals surface area contributed by atoms with E-state index in [1.807, 2.05) is 0 Å². The van der Waals surface area contributed by atoms with E-state index in [0.29, 0.717) is 10.2 Å². The largest absolute Gasteiger partial charge is 0.368 e. The predicted molar refractivity (Wildman–Crippen MR) is 60.0 cm³/mol. The standard InChI is InChI=1S/C10H7BrN2O3/c11-5-2-1-3-6-8(5)9(15)10(16)13(6)4-7(12)14/h1-3H,4H2,(H2,12,14). The van der Waals surface area contributed by atoms with E-state index in [1.165, 1.54) is 0 Å². The summed E-state index contributed by atoms with van der Waals surface area (Å²) in [5.41, 5.74) is 5.72. The third-order valence-electron chi connectivity index (χ3n) is 2.26. The van der Waals surface area contributed by atoms with Crippen LogP contribution in [0.1, 0.15) is 10.4 Å². The molecule has 5 nitrogen and oxygen atoms in total. The maximum Gasteiger partial charge on any atom is 0.299 e. The number of benzene rings is 1. The molecule has 0 atom stereocenters. The van der Waals surface area contributed by atoms with Crippen LogP contribution in [0.5, 0.6) is 0 Å². The second kappa shape index (κ2) is 3.71. The van der Waals surface area contributed by atoms with Crippen LogP contribution in [-0.2, 0) is 9.59 Å². The molecule has 1 aromatic rings. The number of hydrogen-bond acceptors (Lipinski definition) is 3. The molecule has 0 saturated carbocycles. The van der Waals surface area contributed by atoms with Gasteiger partial charge in [-0.2, -0.15) is 0 Å². The van der Waals surface area contributed by atoms with E-state index >= 15 is 0 Å². The molecule has 1 aliphatic rings. The van der Waals surface area contributed by atoms with Crippen molar-refractivity contribution in [2.75, 3.05) is 11.4 Å². The number of rotatable bonds is 2. The molecule has 1 aliphatic heterocycles. The number of primary amides is 1. The van der Waals surface area contributed by atoms with Gasteiger partial charge in [-0.1, -0.05) is 6.07 Å². The molecule has 2 N–H and O–H groups in total. The molecular weight excluding hydrogens is 276 g/mol. The van der Waals surface area contributed by atoms with Gasteiger partial charge in [0.15, 0.2) is 0 Å². The van der Waals surface area contributed by atoms with E-state index in [-0.39, 0.29) is 12.1 Å². The van der Waals surface area contributed by atoms with Crippen molar-refractivity contribution in [2.45, 2.75) is 0 Å². The van der Waals surface area contributed by atoms with Crippen molar-refractivity contribution in [3.63, 3.8) is 0 Å². The zero-order valence-electron chi connectivity index (χ0n) is 8.07. The lowest BCUT2D eigenvalue weighted by Gasteiger charge is -2.13. The molecule has 0 unspecified atom stereocenters. The lowest BCUT2D eigenvalue weighted by Crippen LogP contribution is -2.37.